The van der Waals surface area contributed by atoms with E-state index in [4.69, 9.17) is 5.73 Å². The molecule has 2 aromatic rings. The molecule has 1 fully saturated rings. The number of alkyl halides is 2. The van der Waals surface area contributed by atoms with E-state index in [0.717, 1.165) is 5.56 Å². The third-order valence-electron chi connectivity index (χ3n) is 3.89. The van der Waals surface area contributed by atoms with Crippen LogP contribution in [0.2, 0.25) is 0 Å². The Labute approximate surface area is 115 Å². The van der Waals surface area contributed by atoms with Gasteiger partial charge in [0.15, 0.2) is 0 Å². The molecule has 0 saturated heterocycles. The monoisotopic (exact) mass is 278 g/mol. The lowest BCUT2D eigenvalue weighted by Gasteiger charge is -2.39. The summed E-state index contributed by atoms with van der Waals surface area (Å²) >= 11 is 0. The van der Waals surface area contributed by atoms with Crippen molar-refractivity contribution in [2.45, 2.75) is 24.7 Å². The van der Waals surface area contributed by atoms with E-state index < -0.39 is 5.92 Å². The molecule has 0 radical (unpaired) electrons. The summed E-state index contributed by atoms with van der Waals surface area (Å²) in [7, 11) is 1.82. The second-order valence-electron chi connectivity index (χ2n) is 5.47. The molecule has 106 valence electrons. The van der Waals surface area contributed by atoms with Crippen LogP contribution in [0.4, 0.5) is 14.5 Å². The number of hydrogen-bond acceptors (Lipinski definition) is 3. The van der Waals surface area contributed by atoms with E-state index in [1.165, 1.54) is 0 Å². The van der Waals surface area contributed by atoms with Crippen molar-refractivity contribution in [2.75, 3.05) is 5.73 Å². The van der Waals surface area contributed by atoms with Crippen molar-refractivity contribution in [1.29, 1.82) is 0 Å². The number of rotatable bonds is 3. The zero-order valence-electron chi connectivity index (χ0n) is 11.1. The summed E-state index contributed by atoms with van der Waals surface area (Å²) in [5.41, 5.74) is 7.35. The SMILES string of the molecule is Cn1cnnc1[C@H](c1cccc(N)c1)C1CC(F)(F)C1. The first-order valence-electron chi connectivity index (χ1n) is 6.53. The van der Waals surface area contributed by atoms with Crippen LogP contribution in [-0.2, 0) is 7.05 Å². The maximum absolute atomic E-state index is 13.2. The van der Waals surface area contributed by atoms with Gasteiger partial charge < -0.3 is 10.3 Å². The predicted octanol–water partition coefficient (Wildman–Crippen LogP) is 2.57. The molecule has 0 unspecified atom stereocenters. The summed E-state index contributed by atoms with van der Waals surface area (Å²) in [4.78, 5) is 0. The third-order valence-corrected chi connectivity index (χ3v) is 3.89. The van der Waals surface area contributed by atoms with Crippen LogP contribution in [0.25, 0.3) is 0 Å². The first-order chi connectivity index (χ1) is 9.46. The Hall–Kier alpha value is -1.98. The van der Waals surface area contributed by atoms with E-state index in [9.17, 15) is 8.78 Å². The van der Waals surface area contributed by atoms with Gasteiger partial charge in [-0.3, -0.25) is 0 Å². The molecule has 0 aliphatic heterocycles. The van der Waals surface area contributed by atoms with Gasteiger partial charge in [-0.2, -0.15) is 0 Å². The molecule has 2 N–H and O–H groups in total. The van der Waals surface area contributed by atoms with Gasteiger partial charge in [-0.15, -0.1) is 10.2 Å². The highest BCUT2D eigenvalue weighted by atomic mass is 19.3. The van der Waals surface area contributed by atoms with E-state index in [0.29, 0.717) is 11.5 Å². The number of nitrogens with zero attached hydrogens (tertiary/aromatic N) is 3. The van der Waals surface area contributed by atoms with E-state index in [2.05, 4.69) is 10.2 Å². The summed E-state index contributed by atoms with van der Waals surface area (Å²) in [6.45, 7) is 0. The normalized spacial score (nSPS) is 19.6. The lowest BCUT2D eigenvalue weighted by atomic mass is 9.70. The topological polar surface area (TPSA) is 56.7 Å². The first-order valence-corrected chi connectivity index (χ1v) is 6.53. The number of nitrogen functional groups attached to an aromatic ring is 1. The Morgan fingerprint density at radius 3 is 2.70 bits per heavy atom. The second kappa shape index (κ2) is 4.54. The molecular formula is C14H16F2N4. The van der Waals surface area contributed by atoms with Crippen LogP contribution in [0.1, 0.15) is 30.1 Å². The molecule has 1 atom stereocenters. The molecule has 6 heteroatoms. The van der Waals surface area contributed by atoms with Crippen LogP contribution in [0.5, 0.6) is 0 Å². The Kier molecular flexibility index (Phi) is 2.96. The molecule has 0 spiro atoms. The van der Waals surface area contributed by atoms with Gasteiger partial charge in [0.2, 0.25) is 5.92 Å². The minimum atomic E-state index is -2.55. The fraction of sp³-hybridized carbons (Fsp3) is 0.429. The molecule has 3 rings (SSSR count). The molecule has 20 heavy (non-hydrogen) atoms. The zero-order valence-corrected chi connectivity index (χ0v) is 11.1. The molecule has 1 aromatic heterocycles. The quantitative estimate of drug-likeness (QED) is 0.878. The van der Waals surface area contributed by atoms with Gasteiger partial charge >= 0.3 is 0 Å². The molecule has 1 aliphatic carbocycles. The number of nitrogens with two attached hydrogens (primary N) is 1. The average molecular weight is 278 g/mol. The highest BCUT2D eigenvalue weighted by Gasteiger charge is 2.50. The van der Waals surface area contributed by atoms with Gasteiger partial charge in [-0.05, 0) is 23.6 Å². The molecule has 4 nitrogen and oxygen atoms in total. The molecular weight excluding hydrogens is 262 g/mol. The van der Waals surface area contributed by atoms with Crippen LogP contribution >= 0.6 is 0 Å². The number of halogens is 2. The number of anilines is 1. The van der Waals surface area contributed by atoms with Crippen molar-refractivity contribution in [3.8, 4) is 0 Å². The maximum atomic E-state index is 13.2. The predicted molar refractivity (Wildman–Crippen MR) is 71.4 cm³/mol. The fourth-order valence-electron chi connectivity index (χ4n) is 2.90. The van der Waals surface area contributed by atoms with Crippen LogP contribution in [0, 0.1) is 5.92 Å². The van der Waals surface area contributed by atoms with E-state index in [1.807, 2.05) is 25.2 Å². The van der Waals surface area contributed by atoms with Crippen molar-refractivity contribution in [1.82, 2.24) is 14.8 Å². The summed E-state index contributed by atoms with van der Waals surface area (Å²) < 4.78 is 28.2. The average Bonchev–Trinajstić information content (AvgIpc) is 2.74. The molecule has 1 aromatic carbocycles. The number of aryl methyl sites for hydroxylation is 1. The van der Waals surface area contributed by atoms with Gasteiger partial charge in [0.25, 0.3) is 0 Å². The first kappa shape index (κ1) is 13.0. The number of benzene rings is 1. The van der Waals surface area contributed by atoms with Crippen LogP contribution in [0.15, 0.2) is 30.6 Å². The molecule has 1 aliphatic rings. The van der Waals surface area contributed by atoms with Gasteiger partial charge in [-0.25, -0.2) is 8.78 Å². The molecule has 1 saturated carbocycles. The Balaban J connectivity index is 1.99. The summed E-state index contributed by atoms with van der Waals surface area (Å²) in [5, 5.41) is 7.96. The lowest BCUT2D eigenvalue weighted by Crippen LogP contribution is -2.39. The highest BCUT2D eigenvalue weighted by molar-refractivity contribution is 5.43. The number of aromatic nitrogens is 3. The molecule has 0 amide bonds. The van der Waals surface area contributed by atoms with Crippen LogP contribution in [-0.4, -0.2) is 20.7 Å². The van der Waals surface area contributed by atoms with Gasteiger partial charge in [0.05, 0.1) is 0 Å². The Morgan fingerprint density at radius 2 is 2.15 bits per heavy atom. The molecule has 1 heterocycles. The van der Waals surface area contributed by atoms with Crippen molar-refractivity contribution in [2.24, 2.45) is 13.0 Å². The minimum absolute atomic E-state index is 0.112. The van der Waals surface area contributed by atoms with E-state index in [1.54, 1.807) is 17.0 Å². The fourth-order valence-corrected chi connectivity index (χ4v) is 2.90. The van der Waals surface area contributed by atoms with Gasteiger partial charge in [0.1, 0.15) is 12.2 Å². The highest BCUT2D eigenvalue weighted by Crippen LogP contribution is 2.50. The van der Waals surface area contributed by atoms with Crippen molar-refractivity contribution in [3.63, 3.8) is 0 Å². The molecule has 0 bridgehead atoms. The smallest absolute Gasteiger partial charge is 0.248 e. The third kappa shape index (κ3) is 2.26. The van der Waals surface area contributed by atoms with E-state index >= 15 is 0 Å². The minimum Gasteiger partial charge on any atom is -0.399 e. The van der Waals surface area contributed by atoms with Crippen LogP contribution < -0.4 is 5.73 Å². The van der Waals surface area contributed by atoms with Crippen LogP contribution in [0.3, 0.4) is 0 Å². The lowest BCUT2D eigenvalue weighted by molar-refractivity contribution is -0.114. The van der Waals surface area contributed by atoms with Crippen molar-refractivity contribution in [3.05, 3.63) is 42.0 Å². The van der Waals surface area contributed by atoms with Crippen molar-refractivity contribution >= 4 is 5.69 Å². The summed E-state index contributed by atoms with van der Waals surface area (Å²) in [5.74, 6) is -2.17. The van der Waals surface area contributed by atoms with Crippen molar-refractivity contribution < 1.29 is 8.78 Å². The van der Waals surface area contributed by atoms with E-state index in [-0.39, 0.29) is 24.7 Å². The van der Waals surface area contributed by atoms with Gasteiger partial charge in [0, 0.05) is 31.5 Å². The maximum Gasteiger partial charge on any atom is 0.248 e. The van der Waals surface area contributed by atoms with Gasteiger partial charge in [-0.1, -0.05) is 12.1 Å². The largest absolute Gasteiger partial charge is 0.399 e. The number of hydrogen-bond donors (Lipinski definition) is 1. The standard InChI is InChI=1S/C14H16F2N4/c1-20-8-18-19-13(20)12(10-6-14(15,16)7-10)9-3-2-4-11(17)5-9/h2-5,8,10,12H,6-7,17H2,1H3/t12-/m1/s1. The Morgan fingerprint density at radius 1 is 1.40 bits per heavy atom. The Bertz CT molecular complexity index is 615. The summed E-state index contributed by atoms with van der Waals surface area (Å²) in [6, 6.07) is 7.36. The summed E-state index contributed by atoms with van der Waals surface area (Å²) in [6.07, 6.45) is 1.37. The second-order valence-corrected chi connectivity index (χ2v) is 5.47. The zero-order chi connectivity index (χ0) is 14.3.